The maximum atomic E-state index is 5.64. The first-order chi connectivity index (χ1) is 23.8. The van der Waals surface area contributed by atoms with Crippen LogP contribution >= 0.6 is 0 Å². The third-order valence-corrected chi connectivity index (χ3v) is 8.73. The van der Waals surface area contributed by atoms with Crippen LogP contribution < -0.4 is 0 Å². The minimum Gasteiger partial charge on any atom is -0.443 e. The highest BCUT2D eigenvalue weighted by molar-refractivity contribution is 6.22. The van der Waals surface area contributed by atoms with Crippen molar-refractivity contribution in [2.75, 3.05) is 0 Å². The summed E-state index contributed by atoms with van der Waals surface area (Å²) >= 11 is 0. The van der Waals surface area contributed by atoms with Crippen molar-refractivity contribution in [3.8, 4) is 67.7 Å². The summed E-state index contributed by atoms with van der Waals surface area (Å²) in [6.07, 6.45) is 10.1. The first-order valence-electron chi connectivity index (χ1n) is 15.7. The first-order valence-corrected chi connectivity index (χ1v) is 15.7. The highest BCUT2D eigenvalue weighted by Gasteiger charge is 2.19. The fraction of sp³-hybridized carbons (Fsp3) is 0. The topological polar surface area (TPSA) is 77.8 Å². The molecule has 0 aliphatic rings. The summed E-state index contributed by atoms with van der Waals surface area (Å²) in [6, 6.07) is 42.8. The SMILES string of the molecule is c1ccc(-c2cccc(-c3ccc4c(-c5ccnc(-c6ncco6)c5)c5ccccc5c(-c5ccnc(-c6ncco6)c5)c4c3)c2)cc1. The third-order valence-electron chi connectivity index (χ3n) is 8.73. The van der Waals surface area contributed by atoms with E-state index in [2.05, 4.69) is 135 Å². The number of oxazole rings is 2. The summed E-state index contributed by atoms with van der Waals surface area (Å²) in [4.78, 5) is 17.9. The van der Waals surface area contributed by atoms with Gasteiger partial charge in [-0.3, -0.25) is 9.97 Å². The Hall–Kier alpha value is -6.66. The molecule has 0 aliphatic heterocycles. The van der Waals surface area contributed by atoms with E-state index in [4.69, 9.17) is 8.83 Å². The standard InChI is InChI=1S/C42H26N4O2/c1-2-7-27(8-3-1)28-9-6-10-29(23-28)30-13-14-35-36(24-30)40(32-16-18-44-38(26-32)42-46-20-22-48-42)34-12-5-4-11-33(34)39(35)31-15-17-43-37(25-31)41-45-19-21-47-41/h1-26H. The van der Waals surface area contributed by atoms with E-state index in [0.29, 0.717) is 23.2 Å². The van der Waals surface area contributed by atoms with Crippen LogP contribution in [0.25, 0.3) is 89.2 Å². The van der Waals surface area contributed by atoms with E-state index in [1.54, 1.807) is 24.9 Å². The van der Waals surface area contributed by atoms with E-state index in [-0.39, 0.29) is 0 Å². The Morgan fingerprint density at radius 2 is 0.854 bits per heavy atom. The largest absolute Gasteiger partial charge is 0.443 e. The second kappa shape index (κ2) is 11.6. The van der Waals surface area contributed by atoms with E-state index < -0.39 is 0 Å². The van der Waals surface area contributed by atoms with Crippen LogP contribution in [0.15, 0.2) is 167 Å². The van der Waals surface area contributed by atoms with E-state index in [1.165, 1.54) is 11.1 Å². The zero-order valence-electron chi connectivity index (χ0n) is 25.6. The second-order valence-corrected chi connectivity index (χ2v) is 11.5. The maximum Gasteiger partial charge on any atom is 0.245 e. The van der Waals surface area contributed by atoms with Crippen molar-refractivity contribution >= 4 is 21.5 Å². The number of rotatable bonds is 6. The third kappa shape index (κ3) is 4.84. The second-order valence-electron chi connectivity index (χ2n) is 11.5. The average Bonchev–Trinajstić information content (AvgIpc) is 3.90. The number of aromatic nitrogens is 4. The van der Waals surface area contributed by atoms with Crippen LogP contribution in [-0.4, -0.2) is 19.9 Å². The van der Waals surface area contributed by atoms with Gasteiger partial charge in [0.15, 0.2) is 0 Å². The monoisotopic (exact) mass is 618 g/mol. The molecule has 6 heteroatoms. The zero-order chi connectivity index (χ0) is 31.9. The maximum absolute atomic E-state index is 5.64. The lowest BCUT2D eigenvalue weighted by Gasteiger charge is -2.19. The molecule has 0 bridgehead atoms. The van der Waals surface area contributed by atoms with Crippen LogP contribution in [0.5, 0.6) is 0 Å². The Kier molecular flexibility index (Phi) is 6.68. The van der Waals surface area contributed by atoms with Crippen molar-refractivity contribution in [2.24, 2.45) is 0 Å². The Labute approximate surface area is 276 Å². The van der Waals surface area contributed by atoms with Crippen LogP contribution in [0.4, 0.5) is 0 Å². The van der Waals surface area contributed by atoms with E-state index in [9.17, 15) is 0 Å². The van der Waals surface area contributed by atoms with Gasteiger partial charge in [0.05, 0.1) is 12.4 Å². The molecule has 0 radical (unpaired) electrons. The van der Waals surface area contributed by atoms with Crippen molar-refractivity contribution in [2.45, 2.75) is 0 Å². The first kappa shape index (κ1) is 27.6. The van der Waals surface area contributed by atoms with Gasteiger partial charge in [-0.25, -0.2) is 9.97 Å². The van der Waals surface area contributed by atoms with Crippen LogP contribution in [0, 0.1) is 0 Å². The molecule has 5 aromatic carbocycles. The van der Waals surface area contributed by atoms with Crippen LogP contribution in [0.3, 0.4) is 0 Å². The molecule has 0 saturated carbocycles. The minimum absolute atomic E-state index is 0.483. The van der Waals surface area contributed by atoms with Gasteiger partial charge in [0.2, 0.25) is 11.8 Å². The summed E-state index contributed by atoms with van der Waals surface area (Å²) in [7, 11) is 0. The molecule has 0 aliphatic carbocycles. The molecule has 48 heavy (non-hydrogen) atoms. The highest BCUT2D eigenvalue weighted by Crippen LogP contribution is 2.45. The molecule has 0 spiro atoms. The lowest BCUT2D eigenvalue weighted by molar-refractivity contribution is 0.572. The number of hydrogen-bond acceptors (Lipinski definition) is 6. The molecule has 226 valence electrons. The average molecular weight is 619 g/mol. The van der Waals surface area contributed by atoms with Gasteiger partial charge in [-0.1, -0.05) is 84.9 Å². The summed E-state index contributed by atoms with van der Waals surface area (Å²) in [5, 5.41) is 4.48. The van der Waals surface area contributed by atoms with Crippen LogP contribution in [0.1, 0.15) is 0 Å². The Balaban J connectivity index is 1.33. The molecule has 0 N–H and O–H groups in total. The molecular weight excluding hydrogens is 592 g/mol. The molecule has 6 nitrogen and oxygen atoms in total. The smallest absolute Gasteiger partial charge is 0.245 e. The van der Waals surface area contributed by atoms with E-state index in [1.807, 2.05) is 18.5 Å². The molecule has 9 aromatic rings. The van der Waals surface area contributed by atoms with Gasteiger partial charge in [-0.2, -0.15) is 0 Å². The fourth-order valence-corrected chi connectivity index (χ4v) is 6.59. The number of pyridine rings is 2. The zero-order valence-corrected chi connectivity index (χ0v) is 25.6. The van der Waals surface area contributed by atoms with E-state index >= 15 is 0 Å². The number of nitrogens with zero attached hydrogens (tertiary/aromatic N) is 4. The van der Waals surface area contributed by atoms with Gasteiger partial charge in [-0.05, 0) is 102 Å². The number of benzene rings is 5. The molecule has 0 fully saturated rings. The predicted octanol–water partition coefficient (Wildman–Crippen LogP) is 10.8. The normalized spacial score (nSPS) is 11.3. The molecule has 9 rings (SSSR count). The van der Waals surface area contributed by atoms with Gasteiger partial charge in [0.1, 0.15) is 23.9 Å². The molecule has 0 atom stereocenters. The van der Waals surface area contributed by atoms with Crippen molar-refractivity contribution < 1.29 is 8.83 Å². The Morgan fingerprint density at radius 1 is 0.333 bits per heavy atom. The Bertz CT molecular complexity index is 2560. The van der Waals surface area contributed by atoms with Gasteiger partial charge in [-0.15, -0.1) is 0 Å². The van der Waals surface area contributed by atoms with Crippen LogP contribution in [-0.2, 0) is 0 Å². The number of hydrogen-bond donors (Lipinski definition) is 0. The molecular formula is C42H26N4O2. The van der Waals surface area contributed by atoms with Crippen molar-refractivity contribution in [1.82, 2.24) is 19.9 Å². The van der Waals surface area contributed by atoms with Crippen LogP contribution in [0.2, 0.25) is 0 Å². The lowest BCUT2D eigenvalue weighted by atomic mass is 9.85. The summed E-state index contributed by atoms with van der Waals surface area (Å²) in [5.74, 6) is 0.967. The van der Waals surface area contributed by atoms with E-state index in [0.717, 1.165) is 54.9 Å². The summed E-state index contributed by atoms with van der Waals surface area (Å²) in [6.45, 7) is 0. The summed E-state index contributed by atoms with van der Waals surface area (Å²) in [5.41, 5.74) is 10.3. The molecule has 0 unspecified atom stereocenters. The van der Waals surface area contributed by atoms with Gasteiger partial charge >= 0.3 is 0 Å². The molecule has 4 aromatic heterocycles. The molecule has 0 amide bonds. The van der Waals surface area contributed by atoms with Gasteiger partial charge in [0.25, 0.3) is 0 Å². The van der Waals surface area contributed by atoms with Crippen molar-refractivity contribution in [1.29, 1.82) is 0 Å². The minimum atomic E-state index is 0.483. The predicted molar refractivity (Wildman–Crippen MR) is 190 cm³/mol. The van der Waals surface area contributed by atoms with Gasteiger partial charge in [0, 0.05) is 12.4 Å². The van der Waals surface area contributed by atoms with Crippen molar-refractivity contribution in [3.63, 3.8) is 0 Å². The fourth-order valence-electron chi connectivity index (χ4n) is 6.59. The quantitative estimate of drug-likeness (QED) is 0.173. The van der Waals surface area contributed by atoms with Gasteiger partial charge < -0.3 is 8.83 Å². The number of fused-ring (bicyclic) bond motifs is 2. The Morgan fingerprint density at radius 3 is 1.46 bits per heavy atom. The summed E-state index contributed by atoms with van der Waals surface area (Å²) < 4.78 is 11.3. The molecule has 0 saturated heterocycles. The lowest BCUT2D eigenvalue weighted by Crippen LogP contribution is -1.94. The van der Waals surface area contributed by atoms with Crippen molar-refractivity contribution in [3.05, 3.63) is 159 Å². The highest BCUT2D eigenvalue weighted by atomic mass is 16.3. The molecule has 4 heterocycles.